The molecule has 1 amide bonds. The van der Waals surface area contributed by atoms with Crippen LogP contribution in [0.2, 0.25) is 0 Å². The molecule has 1 aromatic carbocycles. The number of pyridine rings is 1. The van der Waals surface area contributed by atoms with Gasteiger partial charge in [-0.2, -0.15) is 0 Å². The van der Waals surface area contributed by atoms with E-state index in [2.05, 4.69) is 20.9 Å². The third kappa shape index (κ3) is 3.42. The number of halogens is 2. The van der Waals surface area contributed by atoms with Crippen LogP contribution in [-0.2, 0) is 6.54 Å². The molecule has 0 aliphatic rings. The van der Waals surface area contributed by atoms with Gasteiger partial charge < -0.3 is 4.90 Å². The molecule has 0 N–H and O–H groups in total. The summed E-state index contributed by atoms with van der Waals surface area (Å²) in [6.07, 6.45) is 1.53. The van der Waals surface area contributed by atoms with Gasteiger partial charge in [-0.1, -0.05) is 15.9 Å². The summed E-state index contributed by atoms with van der Waals surface area (Å²) in [5, 5.41) is 0. The summed E-state index contributed by atoms with van der Waals surface area (Å²) in [4.78, 5) is 17.8. The summed E-state index contributed by atoms with van der Waals surface area (Å²) in [5.41, 5.74) is 1.81. The van der Waals surface area contributed by atoms with Crippen molar-refractivity contribution in [2.75, 3.05) is 7.05 Å². The third-order valence-electron chi connectivity index (χ3n) is 2.92. The van der Waals surface area contributed by atoms with Crippen molar-refractivity contribution in [2.24, 2.45) is 0 Å². The molecule has 0 unspecified atom stereocenters. The molecule has 2 rings (SSSR count). The largest absolute Gasteiger partial charge is 0.337 e. The van der Waals surface area contributed by atoms with Crippen LogP contribution in [0.1, 0.15) is 21.6 Å². The first kappa shape index (κ1) is 14.7. The van der Waals surface area contributed by atoms with Gasteiger partial charge in [-0.15, -0.1) is 0 Å². The number of carbonyl (C=O) groups excluding carboxylic acids is 1. The fourth-order valence-electron chi connectivity index (χ4n) is 1.81. The number of rotatable bonds is 3. The van der Waals surface area contributed by atoms with Crippen molar-refractivity contribution in [3.8, 4) is 0 Å². The highest BCUT2D eigenvalue weighted by Gasteiger charge is 2.14. The lowest BCUT2D eigenvalue weighted by Gasteiger charge is -2.17. The molecule has 1 aromatic heterocycles. The van der Waals surface area contributed by atoms with Crippen molar-refractivity contribution in [3.05, 3.63) is 63.6 Å². The number of benzene rings is 1. The molecule has 20 heavy (non-hydrogen) atoms. The van der Waals surface area contributed by atoms with Gasteiger partial charge in [0.1, 0.15) is 5.82 Å². The molecule has 0 atom stereocenters. The average Bonchev–Trinajstić information content (AvgIpc) is 2.43. The number of aromatic nitrogens is 1. The van der Waals surface area contributed by atoms with Crippen molar-refractivity contribution < 1.29 is 9.18 Å². The minimum Gasteiger partial charge on any atom is -0.337 e. The van der Waals surface area contributed by atoms with E-state index in [0.717, 1.165) is 10.2 Å². The predicted molar refractivity (Wildman–Crippen MR) is 78.9 cm³/mol. The van der Waals surface area contributed by atoms with Gasteiger partial charge in [-0.05, 0) is 37.3 Å². The van der Waals surface area contributed by atoms with E-state index in [4.69, 9.17) is 0 Å². The van der Waals surface area contributed by atoms with Crippen LogP contribution in [0.5, 0.6) is 0 Å². The van der Waals surface area contributed by atoms with Crippen LogP contribution in [0.4, 0.5) is 4.39 Å². The Kier molecular flexibility index (Phi) is 4.49. The second-order valence-electron chi connectivity index (χ2n) is 4.59. The number of nitrogens with zero attached hydrogens (tertiary/aromatic N) is 2. The van der Waals surface area contributed by atoms with E-state index in [0.29, 0.717) is 11.1 Å². The Morgan fingerprint density at radius 1 is 1.35 bits per heavy atom. The Morgan fingerprint density at radius 3 is 2.75 bits per heavy atom. The lowest BCUT2D eigenvalue weighted by atomic mass is 10.2. The number of carbonyl (C=O) groups is 1. The van der Waals surface area contributed by atoms with Crippen LogP contribution >= 0.6 is 15.9 Å². The summed E-state index contributed by atoms with van der Waals surface area (Å²) in [6.45, 7) is 2.06. The van der Waals surface area contributed by atoms with Gasteiger partial charge in [0.15, 0.2) is 0 Å². The summed E-state index contributed by atoms with van der Waals surface area (Å²) in [5.74, 6) is -0.508. The zero-order valence-electron chi connectivity index (χ0n) is 11.2. The minimum atomic E-state index is -0.324. The topological polar surface area (TPSA) is 33.2 Å². The quantitative estimate of drug-likeness (QED) is 0.858. The number of hydrogen-bond acceptors (Lipinski definition) is 2. The normalized spacial score (nSPS) is 10.4. The molecule has 5 heteroatoms. The van der Waals surface area contributed by atoms with Gasteiger partial charge in [-0.3, -0.25) is 9.78 Å². The van der Waals surface area contributed by atoms with Gasteiger partial charge in [0, 0.05) is 35.5 Å². The zero-order valence-corrected chi connectivity index (χ0v) is 12.8. The minimum absolute atomic E-state index is 0.183. The van der Waals surface area contributed by atoms with E-state index >= 15 is 0 Å². The van der Waals surface area contributed by atoms with Crippen LogP contribution < -0.4 is 0 Å². The molecule has 1 heterocycles. The van der Waals surface area contributed by atoms with E-state index in [1.54, 1.807) is 31.3 Å². The first-order chi connectivity index (χ1) is 9.47. The maximum Gasteiger partial charge on any atom is 0.255 e. The second-order valence-corrected chi connectivity index (χ2v) is 5.50. The molecule has 0 aliphatic carbocycles. The molecule has 2 aromatic rings. The van der Waals surface area contributed by atoms with Gasteiger partial charge in [-0.25, -0.2) is 4.39 Å². The van der Waals surface area contributed by atoms with E-state index < -0.39 is 0 Å². The van der Waals surface area contributed by atoms with Crippen LogP contribution in [0.3, 0.4) is 0 Å². The SMILES string of the molecule is Cc1ccc(C(=O)N(C)Cc2cc(Br)ccc2F)cn1. The summed E-state index contributed by atoms with van der Waals surface area (Å²) in [7, 11) is 1.64. The fraction of sp³-hybridized carbons (Fsp3) is 0.200. The van der Waals surface area contributed by atoms with Crippen molar-refractivity contribution in [3.63, 3.8) is 0 Å². The Balaban J connectivity index is 2.15. The predicted octanol–water partition coefficient (Wildman–Crippen LogP) is 3.56. The van der Waals surface area contributed by atoms with Crippen molar-refractivity contribution in [2.45, 2.75) is 13.5 Å². The molecule has 0 radical (unpaired) electrons. The van der Waals surface area contributed by atoms with Gasteiger partial charge >= 0.3 is 0 Å². The maximum absolute atomic E-state index is 13.7. The van der Waals surface area contributed by atoms with E-state index in [9.17, 15) is 9.18 Å². The molecule has 0 fully saturated rings. The average molecular weight is 337 g/mol. The van der Waals surface area contributed by atoms with Crippen molar-refractivity contribution >= 4 is 21.8 Å². The highest BCUT2D eigenvalue weighted by molar-refractivity contribution is 9.10. The standard InChI is InChI=1S/C15H14BrFN2O/c1-10-3-4-11(8-18-10)15(20)19(2)9-12-7-13(16)5-6-14(12)17/h3-8H,9H2,1-2H3. The van der Waals surface area contributed by atoms with Crippen LogP contribution in [0.15, 0.2) is 41.0 Å². The molecule has 104 valence electrons. The summed E-state index contributed by atoms with van der Waals surface area (Å²) >= 11 is 3.30. The molecule has 3 nitrogen and oxygen atoms in total. The second kappa shape index (κ2) is 6.13. The van der Waals surface area contributed by atoms with Gasteiger partial charge in [0.05, 0.1) is 5.56 Å². The Labute approximate surface area is 125 Å². The summed E-state index contributed by atoms with van der Waals surface area (Å²) in [6, 6.07) is 8.18. The molecular weight excluding hydrogens is 323 g/mol. The third-order valence-corrected chi connectivity index (χ3v) is 3.41. The molecule has 0 bridgehead atoms. The Morgan fingerprint density at radius 2 is 2.10 bits per heavy atom. The number of amides is 1. The zero-order chi connectivity index (χ0) is 14.7. The van der Waals surface area contributed by atoms with Crippen molar-refractivity contribution in [1.29, 1.82) is 0 Å². The number of aryl methyl sites for hydroxylation is 1. The first-order valence-electron chi connectivity index (χ1n) is 6.09. The highest BCUT2D eigenvalue weighted by Crippen LogP contribution is 2.17. The highest BCUT2D eigenvalue weighted by atomic mass is 79.9. The monoisotopic (exact) mass is 336 g/mol. The number of hydrogen-bond donors (Lipinski definition) is 0. The fourth-order valence-corrected chi connectivity index (χ4v) is 2.21. The maximum atomic E-state index is 13.7. The smallest absolute Gasteiger partial charge is 0.255 e. The van der Waals surface area contributed by atoms with Crippen LogP contribution in [0.25, 0.3) is 0 Å². The summed E-state index contributed by atoms with van der Waals surface area (Å²) < 4.78 is 14.5. The Bertz CT molecular complexity index is 628. The lowest BCUT2D eigenvalue weighted by molar-refractivity contribution is 0.0783. The van der Waals surface area contributed by atoms with Crippen molar-refractivity contribution in [1.82, 2.24) is 9.88 Å². The molecule has 0 spiro atoms. The molecule has 0 saturated heterocycles. The molecular formula is C15H14BrFN2O. The molecule has 0 saturated carbocycles. The lowest BCUT2D eigenvalue weighted by Crippen LogP contribution is -2.26. The van der Waals surface area contributed by atoms with Crippen LogP contribution in [0, 0.1) is 12.7 Å². The van der Waals surface area contributed by atoms with E-state index in [1.165, 1.54) is 17.2 Å². The van der Waals surface area contributed by atoms with Gasteiger partial charge in [0.25, 0.3) is 5.91 Å². The van der Waals surface area contributed by atoms with Crippen LogP contribution in [-0.4, -0.2) is 22.8 Å². The molecule has 0 aliphatic heterocycles. The Hall–Kier alpha value is -1.75. The van der Waals surface area contributed by atoms with Gasteiger partial charge in [0.2, 0.25) is 0 Å². The van der Waals surface area contributed by atoms with E-state index in [1.807, 2.05) is 6.92 Å². The first-order valence-corrected chi connectivity index (χ1v) is 6.88. The van der Waals surface area contributed by atoms with E-state index in [-0.39, 0.29) is 18.3 Å².